The van der Waals surface area contributed by atoms with E-state index in [0.29, 0.717) is 41.8 Å². The number of rotatable bonds is 25. The minimum absolute atomic E-state index is 0.00200. The summed E-state index contributed by atoms with van der Waals surface area (Å²) in [6.07, 6.45) is 20.5. The molecule has 1 heterocycles. The number of anilines is 2. The van der Waals surface area contributed by atoms with Gasteiger partial charge in [-0.25, -0.2) is 14.1 Å². The molecule has 0 radical (unpaired) electrons. The second-order valence-electron chi connectivity index (χ2n) is 18.0. The van der Waals surface area contributed by atoms with Crippen LogP contribution in [0.2, 0.25) is 0 Å². The lowest BCUT2D eigenvalue weighted by Crippen LogP contribution is -2.50. The summed E-state index contributed by atoms with van der Waals surface area (Å²) in [5.74, 6) is -1.23. The third-order valence-electron chi connectivity index (χ3n) is 13.1. The Hall–Kier alpha value is -5.85. The second-order valence-corrected chi connectivity index (χ2v) is 18.0. The van der Waals surface area contributed by atoms with E-state index in [-0.39, 0.29) is 43.7 Å². The van der Waals surface area contributed by atoms with Gasteiger partial charge in [0.1, 0.15) is 12.4 Å². The average Bonchev–Trinajstić information content (AvgIpc) is 4.00. The number of imide groups is 1. The number of nitrogens with zero attached hydrogens (tertiary/aromatic N) is 2. The lowest BCUT2D eigenvalue weighted by Gasteiger charge is -2.31. The van der Waals surface area contributed by atoms with Crippen molar-refractivity contribution in [2.24, 2.45) is 5.92 Å². The van der Waals surface area contributed by atoms with Crippen molar-refractivity contribution < 1.29 is 37.9 Å². The minimum Gasteiger partial charge on any atom is -0.427 e. The summed E-state index contributed by atoms with van der Waals surface area (Å²) < 4.78 is 19.6. The number of carbonyl (C=O) groups is 6. The molecular weight excluding hydrogens is 826 g/mol. The van der Waals surface area contributed by atoms with Crippen LogP contribution < -0.4 is 16.0 Å². The predicted molar refractivity (Wildman–Crippen MR) is 249 cm³/mol. The molecule has 13 heteroatoms. The van der Waals surface area contributed by atoms with Crippen LogP contribution in [-0.4, -0.2) is 64.6 Å². The number of ether oxygens (including phenoxy) is 1. The molecule has 12 nitrogen and oxygen atoms in total. The maximum absolute atomic E-state index is 14.1. The van der Waals surface area contributed by atoms with E-state index in [9.17, 15) is 33.2 Å². The first-order valence-corrected chi connectivity index (χ1v) is 23.7. The fourth-order valence-corrected chi connectivity index (χ4v) is 9.46. The highest BCUT2D eigenvalue weighted by Crippen LogP contribution is 2.46. The molecule has 3 aliphatic rings. The summed E-state index contributed by atoms with van der Waals surface area (Å²) in [4.78, 5) is 80.8. The zero-order valence-electron chi connectivity index (χ0n) is 38.0. The van der Waals surface area contributed by atoms with Crippen LogP contribution in [0.5, 0.6) is 0 Å². The molecule has 65 heavy (non-hydrogen) atoms. The van der Waals surface area contributed by atoms with Crippen molar-refractivity contribution in [3.05, 3.63) is 107 Å². The third kappa shape index (κ3) is 13.8. The highest BCUT2D eigenvalue weighted by molar-refractivity contribution is 6.06. The van der Waals surface area contributed by atoms with Gasteiger partial charge >= 0.3 is 6.09 Å². The molecule has 348 valence electrons. The molecule has 6 amide bonds. The van der Waals surface area contributed by atoms with E-state index in [4.69, 9.17) is 4.74 Å². The van der Waals surface area contributed by atoms with Gasteiger partial charge in [0.25, 0.3) is 5.91 Å². The maximum atomic E-state index is 14.1. The zero-order valence-corrected chi connectivity index (χ0v) is 38.0. The van der Waals surface area contributed by atoms with Crippen LogP contribution in [0, 0.1) is 11.7 Å². The van der Waals surface area contributed by atoms with Crippen LogP contribution in [0.3, 0.4) is 0 Å². The largest absolute Gasteiger partial charge is 0.427 e. The lowest BCUT2D eigenvalue weighted by atomic mass is 9.94. The Kier molecular flexibility index (Phi) is 17.9. The highest BCUT2D eigenvalue weighted by atomic mass is 19.1. The van der Waals surface area contributed by atoms with Crippen molar-refractivity contribution in [2.45, 2.75) is 147 Å². The van der Waals surface area contributed by atoms with Crippen LogP contribution in [0.25, 0.3) is 0 Å². The van der Waals surface area contributed by atoms with E-state index in [1.54, 1.807) is 18.2 Å². The molecule has 0 aromatic heterocycles. The average molecular weight is 892 g/mol. The summed E-state index contributed by atoms with van der Waals surface area (Å²) in [6, 6.07) is 17.3. The smallest absolute Gasteiger partial charge is 0.418 e. The fourth-order valence-electron chi connectivity index (χ4n) is 9.46. The molecule has 1 spiro atoms. The number of fused-ring (bicyclic) bond motifs is 2. The molecule has 1 saturated carbocycles. The van der Waals surface area contributed by atoms with Crippen molar-refractivity contribution in [1.29, 1.82) is 0 Å². The summed E-state index contributed by atoms with van der Waals surface area (Å²) in [5.41, 5.74) is 2.42. The first kappa shape index (κ1) is 48.6. The number of amides is 6. The molecule has 1 aliphatic heterocycles. The molecule has 6 rings (SSSR count). The number of benzene rings is 3. The maximum Gasteiger partial charge on any atom is 0.418 e. The van der Waals surface area contributed by atoms with E-state index in [1.807, 2.05) is 24.3 Å². The van der Waals surface area contributed by atoms with Crippen molar-refractivity contribution in [1.82, 2.24) is 15.1 Å². The van der Waals surface area contributed by atoms with Gasteiger partial charge in [-0.05, 0) is 78.3 Å². The van der Waals surface area contributed by atoms with Gasteiger partial charge in [0.2, 0.25) is 29.2 Å². The van der Waals surface area contributed by atoms with Crippen LogP contribution >= 0.6 is 0 Å². The number of carbonyl (C=O) groups excluding carboxylic acids is 6. The molecule has 2 aliphatic carbocycles. The summed E-state index contributed by atoms with van der Waals surface area (Å²) in [6.45, 7) is 4.64. The SMILES string of the molecule is C=C[C@@H](CNC(=O)CCc1ccc(NC(=O)CCCCCCCCCCCC2CCCC2)cc1)N(Cc1ccc(F)cc1)C(=O)CN1C(=O)O[C@@]2(CCc3cc(NC(C)=O)ccc32)C1=O. The molecule has 0 bridgehead atoms. The van der Waals surface area contributed by atoms with Gasteiger partial charge in [0.05, 0.1) is 6.04 Å². The Balaban J connectivity index is 0.932. The van der Waals surface area contributed by atoms with Gasteiger partial charge < -0.3 is 25.6 Å². The van der Waals surface area contributed by atoms with Gasteiger partial charge in [0.15, 0.2) is 0 Å². The second kappa shape index (κ2) is 23.9. The Morgan fingerprint density at radius 3 is 2.15 bits per heavy atom. The predicted octanol–water partition coefficient (Wildman–Crippen LogP) is 9.66. The molecule has 2 fully saturated rings. The van der Waals surface area contributed by atoms with Gasteiger partial charge in [-0.1, -0.05) is 120 Å². The van der Waals surface area contributed by atoms with Crippen LogP contribution in [0.1, 0.15) is 138 Å². The van der Waals surface area contributed by atoms with Crippen LogP contribution in [-0.2, 0) is 53.7 Å². The monoisotopic (exact) mass is 891 g/mol. The van der Waals surface area contributed by atoms with Crippen molar-refractivity contribution in [3.63, 3.8) is 0 Å². The first-order valence-electron chi connectivity index (χ1n) is 23.7. The standard InChI is InChI=1S/C52H66FN5O7/c1-3-45(34-54-47(60)30-23-39-21-26-43(27-22-39)56-48(61)18-12-10-8-6-4-5-7-9-11-15-38-16-13-14-17-38)57(35-40-19-24-42(53)25-20-40)49(62)36-58-50(63)52(65-51(58)64)32-31-41-33-44(55-37(2)59)28-29-46(41)52/h3,19-22,24-29,33,38,45H,1,4-18,23,30-32,34-36H2,2H3,(H,54,60)(H,55,59)(H,56,61)/t45-,52+/m0/s1. The normalized spacial score (nSPS) is 17.2. The van der Waals surface area contributed by atoms with Gasteiger partial charge in [-0.15, -0.1) is 6.58 Å². The van der Waals surface area contributed by atoms with Crippen molar-refractivity contribution >= 4 is 47.0 Å². The van der Waals surface area contributed by atoms with E-state index < -0.39 is 41.9 Å². The molecule has 1 saturated heterocycles. The van der Waals surface area contributed by atoms with Gasteiger partial charge in [-0.3, -0.25) is 24.0 Å². The van der Waals surface area contributed by atoms with E-state index in [1.165, 1.54) is 119 Å². The Morgan fingerprint density at radius 1 is 0.831 bits per heavy atom. The molecule has 3 aromatic rings. The molecule has 2 atom stereocenters. The summed E-state index contributed by atoms with van der Waals surface area (Å²) in [5, 5.41) is 8.58. The Morgan fingerprint density at radius 2 is 1.48 bits per heavy atom. The van der Waals surface area contributed by atoms with Crippen LogP contribution in [0.4, 0.5) is 20.6 Å². The third-order valence-corrected chi connectivity index (χ3v) is 13.1. The topological polar surface area (TPSA) is 154 Å². The molecule has 3 aromatic carbocycles. The van der Waals surface area contributed by atoms with E-state index in [0.717, 1.165) is 34.8 Å². The van der Waals surface area contributed by atoms with Gasteiger partial charge in [0, 0.05) is 56.2 Å². The molecule has 0 unspecified atom stereocenters. The van der Waals surface area contributed by atoms with Crippen LogP contribution in [0.15, 0.2) is 79.4 Å². The fraction of sp³-hybridized carbons (Fsp3) is 0.500. The minimum atomic E-state index is -1.59. The molecular formula is C52H66FN5O7. The van der Waals surface area contributed by atoms with E-state index in [2.05, 4.69) is 22.5 Å². The first-order chi connectivity index (χ1) is 31.4. The number of nitrogens with one attached hydrogen (secondary N) is 3. The number of hydrogen-bond acceptors (Lipinski definition) is 7. The number of halogens is 1. The number of hydrogen-bond donors (Lipinski definition) is 3. The number of unbranched alkanes of at least 4 members (excludes halogenated alkanes) is 8. The quantitative estimate of drug-likeness (QED) is 0.0566. The molecule has 3 N–H and O–H groups in total. The highest BCUT2D eigenvalue weighted by Gasteiger charge is 2.58. The summed E-state index contributed by atoms with van der Waals surface area (Å²) >= 11 is 0. The van der Waals surface area contributed by atoms with Crippen molar-refractivity contribution in [3.8, 4) is 0 Å². The lowest BCUT2D eigenvalue weighted by molar-refractivity contribution is -0.142. The Bertz CT molecular complexity index is 2140. The van der Waals surface area contributed by atoms with Gasteiger partial charge in [-0.2, -0.15) is 0 Å². The van der Waals surface area contributed by atoms with Crippen molar-refractivity contribution in [2.75, 3.05) is 23.7 Å². The number of aryl methyl sites for hydroxylation is 2. The Labute approximate surface area is 383 Å². The zero-order chi connectivity index (χ0) is 46.2. The van der Waals surface area contributed by atoms with E-state index >= 15 is 0 Å². The summed E-state index contributed by atoms with van der Waals surface area (Å²) in [7, 11) is 0.